The van der Waals surface area contributed by atoms with Gasteiger partial charge in [-0.2, -0.15) is 0 Å². The normalized spacial score (nSPS) is 30.4. The highest BCUT2D eigenvalue weighted by Gasteiger charge is 2.34. The first-order chi connectivity index (χ1) is 5.69. The summed E-state index contributed by atoms with van der Waals surface area (Å²) < 4.78 is 0. The first-order valence-corrected chi connectivity index (χ1v) is 4.28. The molecule has 1 saturated heterocycles. The van der Waals surface area contributed by atoms with E-state index in [4.69, 9.17) is 5.11 Å². The van der Waals surface area contributed by atoms with E-state index >= 15 is 0 Å². The molecule has 0 aromatic rings. The van der Waals surface area contributed by atoms with Gasteiger partial charge in [-0.15, -0.1) is 6.58 Å². The van der Waals surface area contributed by atoms with Crippen LogP contribution in [0.5, 0.6) is 0 Å². The second-order valence-electron chi connectivity index (χ2n) is 3.17. The molecule has 0 aromatic heterocycles. The maximum Gasteiger partial charge on any atom is 0.320 e. The average molecular weight is 169 g/mol. The number of carbonyl (C=O) groups is 1. The Bertz CT molecular complexity index is 191. The van der Waals surface area contributed by atoms with Crippen molar-refractivity contribution in [1.82, 2.24) is 4.90 Å². The van der Waals surface area contributed by atoms with Gasteiger partial charge in [0, 0.05) is 6.54 Å². The van der Waals surface area contributed by atoms with E-state index < -0.39 is 5.97 Å². The zero-order chi connectivity index (χ0) is 9.14. The molecule has 0 amide bonds. The van der Waals surface area contributed by atoms with Crippen LogP contribution in [0.25, 0.3) is 0 Å². The highest BCUT2D eigenvalue weighted by Crippen LogP contribution is 2.23. The van der Waals surface area contributed by atoms with Crippen LogP contribution in [-0.4, -0.2) is 35.1 Å². The van der Waals surface area contributed by atoms with E-state index in [-0.39, 0.29) is 6.04 Å². The maximum absolute atomic E-state index is 10.8. The third kappa shape index (κ3) is 1.67. The molecule has 1 heterocycles. The minimum absolute atomic E-state index is 0.294. The summed E-state index contributed by atoms with van der Waals surface area (Å²) in [6.07, 6.45) is 2.57. The van der Waals surface area contributed by atoms with Gasteiger partial charge in [0.05, 0.1) is 0 Å². The van der Waals surface area contributed by atoms with Gasteiger partial charge in [-0.25, -0.2) is 0 Å². The van der Waals surface area contributed by atoms with Crippen LogP contribution in [0.3, 0.4) is 0 Å². The maximum atomic E-state index is 10.8. The van der Waals surface area contributed by atoms with Crippen LogP contribution in [0.4, 0.5) is 0 Å². The zero-order valence-electron chi connectivity index (χ0n) is 7.36. The first kappa shape index (κ1) is 9.26. The van der Waals surface area contributed by atoms with Gasteiger partial charge >= 0.3 is 5.97 Å². The Morgan fingerprint density at radius 3 is 2.83 bits per heavy atom. The number of hydrogen-bond donors (Lipinski definition) is 1. The molecule has 0 spiro atoms. The quantitative estimate of drug-likeness (QED) is 0.640. The standard InChI is InChI=1S/C9H15NO2/c1-3-7-5-8(9(11)12)10(4-2)6-7/h3,7-8H,1,4-6H2,2H3,(H,11,12). The molecule has 0 aliphatic carbocycles. The van der Waals surface area contributed by atoms with Crippen LogP contribution >= 0.6 is 0 Å². The highest BCUT2D eigenvalue weighted by atomic mass is 16.4. The predicted molar refractivity (Wildman–Crippen MR) is 47.0 cm³/mol. The molecule has 3 nitrogen and oxygen atoms in total. The van der Waals surface area contributed by atoms with Crippen LogP contribution in [0.15, 0.2) is 12.7 Å². The van der Waals surface area contributed by atoms with Crippen molar-refractivity contribution < 1.29 is 9.90 Å². The van der Waals surface area contributed by atoms with Crippen molar-refractivity contribution in [1.29, 1.82) is 0 Å². The van der Waals surface area contributed by atoms with Crippen molar-refractivity contribution in [2.45, 2.75) is 19.4 Å². The molecule has 0 radical (unpaired) electrons. The van der Waals surface area contributed by atoms with E-state index in [0.717, 1.165) is 13.1 Å². The lowest BCUT2D eigenvalue weighted by molar-refractivity contribution is -0.142. The minimum Gasteiger partial charge on any atom is -0.480 e. The van der Waals surface area contributed by atoms with Crippen LogP contribution < -0.4 is 0 Å². The van der Waals surface area contributed by atoms with E-state index in [2.05, 4.69) is 6.58 Å². The van der Waals surface area contributed by atoms with E-state index in [0.29, 0.717) is 12.3 Å². The van der Waals surface area contributed by atoms with Crippen molar-refractivity contribution in [2.75, 3.05) is 13.1 Å². The monoisotopic (exact) mass is 169 g/mol. The Kier molecular flexibility index (Phi) is 2.87. The Labute approximate surface area is 72.7 Å². The molecule has 68 valence electrons. The summed E-state index contributed by atoms with van der Waals surface area (Å²) in [5, 5.41) is 8.85. The summed E-state index contributed by atoms with van der Waals surface area (Å²) in [6, 6.07) is -0.294. The molecule has 0 bridgehead atoms. The molecule has 3 heteroatoms. The summed E-state index contributed by atoms with van der Waals surface area (Å²) >= 11 is 0. The number of hydrogen-bond acceptors (Lipinski definition) is 2. The average Bonchev–Trinajstić information content (AvgIpc) is 2.47. The third-order valence-electron chi connectivity index (χ3n) is 2.46. The van der Waals surface area contributed by atoms with Crippen molar-refractivity contribution in [3.8, 4) is 0 Å². The van der Waals surface area contributed by atoms with Gasteiger partial charge in [-0.05, 0) is 18.9 Å². The Hall–Kier alpha value is -0.830. The van der Waals surface area contributed by atoms with E-state index in [1.807, 2.05) is 17.9 Å². The zero-order valence-corrected chi connectivity index (χ0v) is 7.36. The van der Waals surface area contributed by atoms with Gasteiger partial charge in [0.15, 0.2) is 0 Å². The summed E-state index contributed by atoms with van der Waals surface area (Å²) in [4.78, 5) is 12.7. The predicted octanol–water partition coefficient (Wildman–Crippen LogP) is 0.967. The molecule has 0 aromatic carbocycles. The summed E-state index contributed by atoms with van der Waals surface area (Å²) in [7, 11) is 0. The van der Waals surface area contributed by atoms with E-state index in [9.17, 15) is 4.79 Å². The Morgan fingerprint density at radius 1 is 1.83 bits per heavy atom. The van der Waals surface area contributed by atoms with Gasteiger partial charge in [-0.3, -0.25) is 9.69 Å². The fraction of sp³-hybridized carbons (Fsp3) is 0.667. The van der Waals surface area contributed by atoms with Gasteiger partial charge in [0.25, 0.3) is 0 Å². The van der Waals surface area contributed by atoms with Crippen LogP contribution in [0.2, 0.25) is 0 Å². The fourth-order valence-corrected chi connectivity index (χ4v) is 1.72. The van der Waals surface area contributed by atoms with Gasteiger partial charge in [-0.1, -0.05) is 13.0 Å². The largest absolute Gasteiger partial charge is 0.480 e. The number of aliphatic carboxylic acids is 1. The fourth-order valence-electron chi connectivity index (χ4n) is 1.72. The Morgan fingerprint density at radius 2 is 2.50 bits per heavy atom. The van der Waals surface area contributed by atoms with Crippen LogP contribution in [0.1, 0.15) is 13.3 Å². The van der Waals surface area contributed by atoms with Gasteiger partial charge < -0.3 is 5.11 Å². The molecule has 1 fully saturated rings. The number of carboxylic acids is 1. The van der Waals surface area contributed by atoms with Crippen LogP contribution in [-0.2, 0) is 4.79 Å². The molecule has 2 atom stereocenters. The summed E-state index contributed by atoms with van der Waals surface area (Å²) in [5.41, 5.74) is 0. The van der Waals surface area contributed by atoms with Crippen molar-refractivity contribution >= 4 is 5.97 Å². The molecule has 2 unspecified atom stereocenters. The molecule has 0 saturated carbocycles. The molecule has 1 aliphatic rings. The number of likely N-dealkylation sites (N-methyl/N-ethyl adjacent to an activating group) is 1. The highest BCUT2D eigenvalue weighted by molar-refractivity contribution is 5.74. The smallest absolute Gasteiger partial charge is 0.320 e. The molecular formula is C9H15NO2. The third-order valence-corrected chi connectivity index (χ3v) is 2.46. The van der Waals surface area contributed by atoms with Gasteiger partial charge in [0.1, 0.15) is 6.04 Å². The minimum atomic E-state index is -0.707. The topological polar surface area (TPSA) is 40.5 Å². The van der Waals surface area contributed by atoms with Crippen LogP contribution in [0, 0.1) is 5.92 Å². The van der Waals surface area contributed by atoms with Crippen molar-refractivity contribution in [3.05, 3.63) is 12.7 Å². The summed E-state index contributed by atoms with van der Waals surface area (Å²) in [6.45, 7) is 7.32. The number of rotatable bonds is 3. The lowest BCUT2D eigenvalue weighted by Crippen LogP contribution is -2.35. The van der Waals surface area contributed by atoms with Crippen molar-refractivity contribution in [3.63, 3.8) is 0 Å². The summed E-state index contributed by atoms with van der Waals surface area (Å²) in [5.74, 6) is -0.354. The number of carboxylic acid groups (broad SMARTS) is 1. The molecular weight excluding hydrogens is 154 g/mol. The second-order valence-corrected chi connectivity index (χ2v) is 3.17. The molecule has 1 rings (SSSR count). The second kappa shape index (κ2) is 3.72. The molecule has 1 N–H and O–H groups in total. The molecule has 12 heavy (non-hydrogen) atoms. The molecule has 1 aliphatic heterocycles. The lowest BCUT2D eigenvalue weighted by atomic mass is 10.1. The first-order valence-electron chi connectivity index (χ1n) is 4.28. The number of likely N-dealkylation sites (tertiary alicyclic amines) is 1. The van der Waals surface area contributed by atoms with Crippen molar-refractivity contribution in [2.24, 2.45) is 5.92 Å². The lowest BCUT2D eigenvalue weighted by Gasteiger charge is -2.17. The van der Waals surface area contributed by atoms with E-state index in [1.165, 1.54) is 0 Å². The SMILES string of the molecule is C=CC1CC(C(=O)O)N(CC)C1. The van der Waals surface area contributed by atoms with E-state index in [1.54, 1.807) is 0 Å². The Balaban J connectivity index is 2.62. The number of nitrogens with zero attached hydrogens (tertiary/aromatic N) is 1. The van der Waals surface area contributed by atoms with Gasteiger partial charge in [0.2, 0.25) is 0 Å².